The van der Waals surface area contributed by atoms with Crippen LogP contribution in [0.1, 0.15) is 49.1 Å². The van der Waals surface area contributed by atoms with Gasteiger partial charge in [-0.25, -0.2) is 0 Å². The van der Waals surface area contributed by atoms with Crippen molar-refractivity contribution in [3.05, 3.63) is 53.6 Å². The molecule has 41 heavy (non-hydrogen) atoms. The van der Waals surface area contributed by atoms with Crippen LogP contribution < -0.4 is 9.62 Å². The Morgan fingerprint density at radius 1 is 0.927 bits per heavy atom. The molecule has 1 N–H and O–H groups in total. The minimum absolute atomic E-state index is 0.0763. The van der Waals surface area contributed by atoms with Crippen molar-refractivity contribution in [3.8, 4) is 17.0 Å². The molecule has 0 unspecified atom stereocenters. The topological polar surface area (TPSA) is 102 Å². The fourth-order valence-corrected chi connectivity index (χ4v) is 6.41. The van der Waals surface area contributed by atoms with E-state index in [2.05, 4.69) is 34.7 Å². The molecule has 10 nitrogen and oxygen atoms in total. The number of carbonyl (C=O) groups excluding carboxylic acids is 1. The maximum atomic E-state index is 12.9. The van der Waals surface area contributed by atoms with Crippen LogP contribution in [0, 0.1) is 0 Å². The van der Waals surface area contributed by atoms with Crippen molar-refractivity contribution in [2.24, 2.45) is 7.05 Å². The molecule has 2 heterocycles. The first-order valence-corrected chi connectivity index (χ1v) is 15.7. The summed E-state index contributed by atoms with van der Waals surface area (Å²) in [7, 11) is 1.36. The van der Waals surface area contributed by atoms with E-state index in [4.69, 9.17) is 14.3 Å². The molecule has 3 aromatic rings. The molecule has 1 aromatic heterocycles. The number of hydrogen-bond acceptors (Lipinski definition) is 6. The molecule has 1 saturated carbocycles. The van der Waals surface area contributed by atoms with Crippen molar-refractivity contribution in [1.29, 1.82) is 0 Å². The van der Waals surface area contributed by atoms with Crippen LogP contribution in [0.25, 0.3) is 22.2 Å². The number of hydrogen-bond donors (Lipinski definition) is 1. The zero-order valence-electron chi connectivity index (χ0n) is 24.1. The predicted molar refractivity (Wildman–Crippen MR) is 158 cm³/mol. The minimum Gasteiger partial charge on any atom is -0.483 e. The lowest BCUT2D eigenvalue weighted by Gasteiger charge is -2.24. The van der Waals surface area contributed by atoms with E-state index in [9.17, 15) is 13.2 Å². The third-order valence-corrected chi connectivity index (χ3v) is 9.50. The lowest BCUT2D eigenvalue weighted by molar-refractivity contribution is -0.132. The molecule has 3 bridgehead atoms. The lowest BCUT2D eigenvalue weighted by Crippen LogP contribution is -2.40. The molecular formula is C30H40N4O6S. The first-order valence-electron chi connectivity index (χ1n) is 14.3. The van der Waals surface area contributed by atoms with Crippen LogP contribution >= 0.6 is 0 Å². The Hall–Kier alpha value is -2.96. The summed E-state index contributed by atoms with van der Waals surface area (Å²) in [6, 6.07) is 14.1. The fourth-order valence-electron chi connectivity index (χ4n) is 5.76. The van der Waals surface area contributed by atoms with Gasteiger partial charge >= 0.3 is 10.2 Å². The normalized spacial score (nSPS) is 20.6. The third kappa shape index (κ3) is 6.60. The van der Waals surface area contributed by atoms with E-state index in [1.54, 1.807) is 11.9 Å². The highest BCUT2D eigenvalue weighted by Crippen LogP contribution is 2.45. The highest BCUT2D eigenvalue weighted by atomic mass is 32.2. The van der Waals surface area contributed by atoms with Gasteiger partial charge in [-0.2, -0.15) is 12.7 Å². The van der Waals surface area contributed by atoms with E-state index in [0.29, 0.717) is 18.2 Å². The Balaban J connectivity index is 1.57. The van der Waals surface area contributed by atoms with Crippen LogP contribution in [0.4, 0.5) is 0 Å². The number of benzene rings is 2. The number of aryl methyl sites for hydroxylation is 1. The molecular weight excluding hydrogens is 544 g/mol. The van der Waals surface area contributed by atoms with E-state index in [-0.39, 0.29) is 38.9 Å². The SMILES string of the molecule is CN1CCOCCN(C)S(=O)(=O)NOCc2ccc3c(C4CCCCC4)c(n(C)c3c2)-c2ccccc2OCC1=O. The van der Waals surface area contributed by atoms with Crippen LogP contribution in [-0.4, -0.2) is 75.1 Å². The van der Waals surface area contributed by atoms with E-state index in [1.165, 1.54) is 37.3 Å². The molecule has 0 spiro atoms. The van der Waals surface area contributed by atoms with Gasteiger partial charge in [-0.1, -0.05) is 48.4 Å². The van der Waals surface area contributed by atoms with Crippen molar-refractivity contribution < 1.29 is 27.5 Å². The van der Waals surface area contributed by atoms with Gasteiger partial charge in [0.2, 0.25) is 0 Å². The number of amides is 1. The van der Waals surface area contributed by atoms with Crippen LogP contribution in [0.5, 0.6) is 5.75 Å². The number of carbonyl (C=O) groups is 1. The summed E-state index contributed by atoms with van der Waals surface area (Å²) in [5.74, 6) is 0.920. The second kappa shape index (κ2) is 12.9. The van der Waals surface area contributed by atoms with Gasteiger partial charge in [0, 0.05) is 50.7 Å². The van der Waals surface area contributed by atoms with E-state index < -0.39 is 10.2 Å². The van der Waals surface area contributed by atoms with E-state index >= 15 is 0 Å². The first kappa shape index (κ1) is 29.5. The number of rotatable bonds is 1. The molecule has 0 atom stereocenters. The standard InChI is InChI=1S/C30H40N4O6S/c1-32-15-17-38-18-16-33(2)41(36,37)31-40-20-22-13-14-24-26(19-22)34(3)30(29(24)23-9-5-4-6-10-23)25-11-7-8-12-27(25)39-21-28(32)35/h7-8,11-14,19,23,31H,4-6,9-10,15-18,20-21H2,1-3H3. The molecule has 0 radical (unpaired) electrons. The molecule has 2 aromatic carbocycles. The van der Waals surface area contributed by atoms with Gasteiger partial charge < -0.3 is 18.9 Å². The van der Waals surface area contributed by atoms with Crippen molar-refractivity contribution in [1.82, 2.24) is 18.7 Å². The summed E-state index contributed by atoms with van der Waals surface area (Å²) in [4.78, 5) is 22.1. The summed E-state index contributed by atoms with van der Waals surface area (Å²) >= 11 is 0. The first-order chi connectivity index (χ1) is 19.8. The Kier molecular flexibility index (Phi) is 9.30. The number of nitrogens with zero attached hydrogens (tertiary/aromatic N) is 3. The molecule has 11 heteroatoms. The molecule has 1 amide bonds. The molecule has 2 aliphatic rings. The zero-order chi connectivity index (χ0) is 29.0. The molecule has 1 aliphatic heterocycles. The number of aromatic nitrogens is 1. The van der Waals surface area contributed by atoms with E-state index in [1.807, 2.05) is 24.3 Å². The van der Waals surface area contributed by atoms with Gasteiger partial charge in [0.1, 0.15) is 5.75 Å². The van der Waals surface area contributed by atoms with Crippen molar-refractivity contribution in [2.75, 3.05) is 47.0 Å². The molecule has 1 aliphatic carbocycles. The Labute approximate surface area is 242 Å². The Morgan fingerprint density at radius 3 is 2.49 bits per heavy atom. The molecule has 222 valence electrons. The Bertz CT molecular complexity index is 1480. The number of likely N-dealkylation sites (N-methyl/N-ethyl adjacent to an activating group) is 2. The summed E-state index contributed by atoms with van der Waals surface area (Å²) in [6.45, 7) is 0.935. The highest BCUT2D eigenvalue weighted by Gasteiger charge is 2.27. The number of nitrogens with one attached hydrogen (secondary N) is 1. The van der Waals surface area contributed by atoms with Crippen molar-refractivity contribution >= 4 is 27.0 Å². The smallest absolute Gasteiger partial charge is 0.301 e. The van der Waals surface area contributed by atoms with Gasteiger partial charge in [0.15, 0.2) is 6.61 Å². The van der Waals surface area contributed by atoms with Gasteiger partial charge in [-0.3, -0.25) is 9.63 Å². The average molecular weight is 585 g/mol. The fraction of sp³-hybridized carbons (Fsp3) is 0.500. The largest absolute Gasteiger partial charge is 0.483 e. The van der Waals surface area contributed by atoms with Crippen molar-refractivity contribution in [2.45, 2.75) is 44.6 Å². The zero-order valence-corrected chi connectivity index (χ0v) is 24.9. The summed E-state index contributed by atoms with van der Waals surface area (Å²) in [5, 5.41) is 1.17. The average Bonchev–Trinajstić information content (AvgIpc) is 3.26. The summed E-state index contributed by atoms with van der Waals surface area (Å²) in [5.41, 5.74) is 5.22. The third-order valence-electron chi connectivity index (χ3n) is 8.17. The molecule has 5 rings (SSSR count). The lowest BCUT2D eigenvalue weighted by atomic mass is 9.81. The van der Waals surface area contributed by atoms with Gasteiger partial charge in [0.05, 0.1) is 25.5 Å². The number of para-hydroxylation sites is 1. The molecule has 0 saturated heterocycles. The second-order valence-corrected chi connectivity index (χ2v) is 12.7. The van der Waals surface area contributed by atoms with Gasteiger partial charge in [0.25, 0.3) is 5.91 Å². The Morgan fingerprint density at radius 2 is 1.68 bits per heavy atom. The van der Waals surface area contributed by atoms with Crippen molar-refractivity contribution in [3.63, 3.8) is 0 Å². The van der Waals surface area contributed by atoms with Crippen LogP contribution in [0.3, 0.4) is 0 Å². The van der Waals surface area contributed by atoms with Crippen LogP contribution in [0.2, 0.25) is 0 Å². The number of fused-ring (bicyclic) bond motifs is 4. The second-order valence-electron chi connectivity index (χ2n) is 10.9. The van der Waals surface area contributed by atoms with Gasteiger partial charge in [-0.15, -0.1) is 0 Å². The summed E-state index contributed by atoms with van der Waals surface area (Å²) < 4.78 is 40.4. The monoisotopic (exact) mass is 584 g/mol. The maximum Gasteiger partial charge on any atom is 0.301 e. The maximum absolute atomic E-state index is 12.9. The van der Waals surface area contributed by atoms with E-state index in [0.717, 1.165) is 39.5 Å². The number of ether oxygens (including phenoxy) is 2. The molecule has 1 fully saturated rings. The quantitative estimate of drug-likeness (QED) is 0.465. The highest BCUT2D eigenvalue weighted by molar-refractivity contribution is 7.86. The predicted octanol–water partition coefficient (Wildman–Crippen LogP) is 3.96. The van der Waals surface area contributed by atoms with Crippen LogP contribution in [-0.2, 0) is 38.2 Å². The summed E-state index contributed by atoms with van der Waals surface area (Å²) in [6.07, 6.45) is 5.90. The minimum atomic E-state index is -3.85. The van der Waals surface area contributed by atoms with Crippen LogP contribution in [0.15, 0.2) is 42.5 Å². The van der Waals surface area contributed by atoms with Gasteiger partial charge in [-0.05, 0) is 48.1 Å².